The molecule has 2 aliphatic carbocycles. The Bertz CT molecular complexity index is 327. The molecule has 2 saturated carbocycles. The Balaban J connectivity index is 1.49. The van der Waals surface area contributed by atoms with Gasteiger partial charge in [-0.05, 0) is 43.4 Å². The number of anilines is 1. The predicted octanol–water partition coefficient (Wildman–Crippen LogP) is 1.90. The van der Waals surface area contributed by atoms with Crippen molar-refractivity contribution in [3.63, 3.8) is 0 Å². The lowest BCUT2D eigenvalue weighted by atomic mass is 10.2. The number of hydrogen-bond acceptors (Lipinski definition) is 2. The minimum atomic E-state index is 0.661. The smallest absolute Gasteiger partial charge is 0.200 e. The molecule has 0 radical (unpaired) electrons. The van der Waals surface area contributed by atoms with Crippen LogP contribution in [0.2, 0.25) is 0 Å². The summed E-state index contributed by atoms with van der Waals surface area (Å²) in [5, 5.41) is 0. The number of nitrogens with zero attached hydrogens (tertiary/aromatic N) is 2. The molecule has 1 heterocycles. The highest BCUT2D eigenvalue weighted by molar-refractivity contribution is 5.16. The van der Waals surface area contributed by atoms with E-state index >= 15 is 0 Å². The van der Waals surface area contributed by atoms with Crippen LogP contribution in [-0.2, 0) is 6.54 Å². The fourth-order valence-electron chi connectivity index (χ4n) is 2.54. The van der Waals surface area contributed by atoms with E-state index in [1.807, 2.05) is 6.20 Å². The normalized spacial score (nSPS) is 30.6. The lowest BCUT2D eigenvalue weighted by Crippen LogP contribution is -2.03. The van der Waals surface area contributed by atoms with Gasteiger partial charge in [0.2, 0.25) is 0 Å². The van der Waals surface area contributed by atoms with E-state index in [9.17, 15) is 0 Å². The fraction of sp³-hybridized carbons (Fsp3) is 0.727. The molecule has 2 unspecified atom stereocenters. The lowest BCUT2D eigenvalue weighted by molar-refractivity contribution is 0.541. The van der Waals surface area contributed by atoms with E-state index in [0.717, 1.165) is 24.3 Å². The molecule has 1 aromatic heterocycles. The number of aryl methyl sites for hydroxylation is 1. The third-order valence-electron chi connectivity index (χ3n) is 3.69. The van der Waals surface area contributed by atoms with Gasteiger partial charge in [-0.3, -0.25) is 0 Å². The maximum Gasteiger partial charge on any atom is 0.200 e. The van der Waals surface area contributed by atoms with Crippen molar-refractivity contribution in [3.05, 3.63) is 12.4 Å². The molecule has 2 fully saturated rings. The molecule has 3 rings (SSSR count). The maximum atomic E-state index is 5.71. The van der Waals surface area contributed by atoms with Gasteiger partial charge in [0, 0.05) is 18.9 Å². The van der Waals surface area contributed by atoms with E-state index in [1.54, 1.807) is 6.20 Å². The predicted molar refractivity (Wildman–Crippen MR) is 55.6 cm³/mol. The van der Waals surface area contributed by atoms with Crippen LogP contribution in [0.4, 0.5) is 5.95 Å². The van der Waals surface area contributed by atoms with E-state index in [-0.39, 0.29) is 0 Å². The van der Waals surface area contributed by atoms with Crippen LogP contribution in [0.15, 0.2) is 12.4 Å². The van der Waals surface area contributed by atoms with E-state index in [4.69, 9.17) is 5.73 Å². The van der Waals surface area contributed by atoms with Gasteiger partial charge in [-0.15, -0.1) is 0 Å². The summed E-state index contributed by atoms with van der Waals surface area (Å²) in [5.74, 6) is 3.82. The second kappa shape index (κ2) is 3.01. The minimum Gasteiger partial charge on any atom is -0.369 e. The van der Waals surface area contributed by atoms with Gasteiger partial charge in [-0.2, -0.15) is 0 Å². The molecule has 2 N–H and O–H groups in total. The van der Waals surface area contributed by atoms with Crippen LogP contribution in [0.1, 0.15) is 25.7 Å². The average molecular weight is 191 g/mol. The summed E-state index contributed by atoms with van der Waals surface area (Å²) in [6.45, 7) is 1.06. The first kappa shape index (κ1) is 8.33. The molecular formula is C11H17N3. The van der Waals surface area contributed by atoms with Crippen molar-refractivity contribution in [1.82, 2.24) is 9.55 Å². The van der Waals surface area contributed by atoms with Gasteiger partial charge >= 0.3 is 0 Å². The van der Waals surface area contributed by atoms with Crippen LogP contribution < -0.4 is 5.73 Å². The van der Waals surface area contributed by atoms with Crippen molar-refractivity contribution in [2.45, 2.75) is 32.2 Å². The summed E-state index contributed by atoms with van der Waals surface area (Å²) in [4.78, 5) is 4.02. The number of aromatic nitrogens is 2. The van der Waals surface area contributed by atoms with Crippen LogP contribution in [-0.4, -0.2) is 9.55 Å². The molecular weight excluding hydrogens is 174 g/mol. The molecule has 1 aromatic rings. The maximum absolute atomic E-state index is 5.71. The molecule has 0 saturated heterocycles. The molecule has 0 aliphatic heterocycles. The first-order valence-electron chi connectivity index (χ1n) is 5.61. The number of rotatable bonds is 4. The quantitative estimate of drug-likeness (QED) is 0.790. The van der Waals surface area contributed by atoms with Gasteiger partial charge in [-0.25, -0.2) is 4.98 Å². The Morgan fingerprint density at radius 2 is 2.36 bits per heavy atom. The van der Waals surface area contributed by atoms with E-state index in [0.29, 0.717) is 5.95 Å². The first-order chi connectivity index (χ1) is 6.84. The topological polar surface area (TPSA) is 43.8 Å². The molecule has 0 aromatic carbocycles. The second-order valence-corrected chi connectivity index (χ2v) is 4.76. The third-order valence-corrected chi connectivity index (χ3v) is 3.69. The van der Waals surface area contributed by atoms with Crippen LogP contribution in [0.3, 0.4) is 0 Å². The summed E-state index contributed by atoms with van der Waals surface area (Å²) in [5.41, 5.74) is 5.71. The highest BCUT2D eigenvalue weighted by Gasteiger charge is 2.46. The Hall–Kier alpha value is -0.990. The van der Waals surface area contributed by atoms with Crippen molar-refractivity contribution in [3.8, 4) is 0 Å². The van der Waals surface area contributed by atoms with Crippen molar-refractivity contribution in [1.29, 1.82) is 0 Å². The Kier molecular flexibility index (Phi) is 1.79. The molecule has 0 bridgehead atoms. The lowest BCUT2D eigenvalue weighted by Gasteiger charge is -2.03. The van der Waals surface area contributed by atoms with Crippen molar-refractivity contribution >= 4 is 5.95 Å². The van der Waals surface area contributed by atoms with Gasteiger partial charge in [0.15, 0.2) is 5.95 Å². The molecule has 76 valence electrons. The van der Waals surface area contributed by atoms with Crippen LogP contribution in [0.25, 0.3) is 0 Å². The zero-order valence-corrected chi connectivity index (χ0v) is 8.39. The molecule has 2 aliphatic rings. The highest BCUT2D eigenvalue weighted by Crippen LogP contribution is 2.55. The Morgan fingerprint density at radius 1 is 1.50 bits per heavy atom. The molecule has 3 nitrogen and oxygen atoms in total. The number of hydrogen-bond donors (Lipinski definition) is 1. The summed E-state index contributed by atoms with van der Waals surface area (Å²) < 4.78 is 2.06. The zero-order chi connectivity index (χ0) is 9.54. The molecule has 2 atom stereocenters. The highest BCUT2D eigenvalue weighted by atomic mass is 15.1. The van der Waals surface area contributed by atoms with Crippen molar-refractivity contribution in [2.24, 2.45) is 17.8 Å². The Morgan fingerprint density at radius 3 is 3.00 bits per heavy atom. The van der Waals surface area contributed by atoms with E-state index in [2.05, 4.69) is 9.55 Å². The number of nitrogen functional groups attached to an aromatic ring is 1. The first-order valence-corrected chi connectivity index (χ1v) is 5.61. The largest absolute Gasteiger partial charge is 0.369 e. The third kappa shape index (κ3) is 1.51. The Labute approximate surface area is 84.3 Å². The summed E-state index contributed by atoms with van der Waals surface area (Å²) in [6, 6.07) is 0. The molecule has 14 heavy (non-hydrogen) atoms. The van der Waals surface area contributed by atoms with Crippen molar-refractivity contribution < 1.29 is 0 Å². The number of imidazole rings is 1. The van der Waals surface area contributed by atoms with Crippen LogP contribution in [0.5, 0.6) is 0 Å². The average Bonchev–Trinajstić information content (AvgIpc) is 3.04. The molecule has 3 heteroatoms. The number of nitrogens with two attached hydrogens (primary N) is 1. The summed E-state index contributed by atoms with van der Waals surface area (Å²) in [6.07, 6.45) is 9.51. The van der Waals surface area contributed by atoms with Crippen molar-refractivity contribution in [2.75, 3.05) is 5.73 Å². The fourth-order valence-corrected chi connectivity index (χ4v) is 2.54. The molecule has 0 amide bonds. The van der Waals surface area contributed by atoms with Gasteiger partial charge in [0.05, 0.1) is 0 Å². The van der Waals surface area contributed by atoms with Gasteiger partial charge in [0.1, 0.15) is 0 Å². The van der Waals surface area contributed by atoms with Gasteiger partial charge in [0.25, 0.3) is 0 Å². The van der Waals surface area contributed by atoms with E-state index in [1.165, 1.54) is 25.7 Å². The van der Waals surface area contributed by atoms with Gasteiger partial charge in [-0.1, -0.05) is 0 Å². The van der Waals surface area contributed by atoms with Gasteiger partial charge < -0.3 is 10.3 Å². The standard InChI is InChI=1S/C11H17N3/c12-11-13-4-6-14(11)5-3-9-7-10(9)8-1-2-8/h4,6,8-10H,1-3,5,7H2,(H2,12,13). The van der Waals surface area contributed by atoms with Crippen LogP contribution >= 0.6 is 0 Å². The summed E-state index contributed by atoms with van der Waals surface area (Å²) in [7, 11) is 0. The monoisotopic (exact) mass is 191 g/mol. The van der Waals surface area contributed by atoms with E-state index < -0.39 is 0 Å². The minimum absolute atomic E-state index is 0.661. The SMILES string of the molecule is Nc1nccn1CCC1CC1C1CC1. The second-order valence-electron chi connectivity index (χ2n) is 4.76. The molecule has 0 spiro atoms. The summed E-state index contributed by atoms with van der Waals surface area (Å²) >= 11 is 0. The zero-order valence-electron chi connectivity index (χ0n) is 8.39. The van der Waals surface area contributed by atoms with Crippen LogP contribution in [0, 0.1) is 17.8 Å².